The maximum absolute atomic E-state index is 3.61. The smallest absolute Gasteiger partial charge is 0.0598 e. The Hall–Kier alpha value is -0.120. The molecule has 2 atom stereocenters. The highest BCUT2D eigenvalue weighted by Gasteiger charge is 2.24. The second-order valence-corrected chi connectivity index (χ2v) is 4.32. The van der Waals surface area contributed by atoms with E-state index in [1.165, 1.54) is 38.9 Å². The lowest BCUT2D eigenvalue weighted by Gasteiger charge is -2.39. The molecule has 2 N–H and O–H groups in total. The summed E-state index contributed by atoms with van der Waals surface area (Å²) in [5, 5.41) is 7.09. The molecule has 2 heterocycles. The minimum atomic E-state index is 0.664. The first-order valence-corrected chi connectivity index (χ1v) is 5.57. The van der Waals surface area contributed by atoms with E-state index in [-0.39, 0.29) is 0 Å². The van der Waals surface area contributed by atoms with E-state index in [1.807, 2.05) is 0 Å². The van der Waals surface area contributed by atoms with E-state index in [0.717, 1.165) is 6.54 Å². The molecule has 0 aliphatic carbocycles. The van der Waals surface area contributed by atoms with Crippen LogP contribution in [0.1, 0.15) is 26.2 Å². The summed E-state index contributed by atoms with van der Waals surface area (Å²) in [5.74, 6) is 0. The lowest BCUT2D eigenvalue weighted by Crippen LogP contribution is -2.57. The fourth-order valence-corrected chi connectivity index (χ4v) is 2.39. The Balaban J connectivity index is 1.83. The summed E-state index contributed by atoms with van der Waals surface area (Å²) < 4.78 is 0. The molecule has 3 heteroatoms. The zero-order valence-corrected chi connectivity index (χ0v) is 8.55. The van der Waals surface area contributed by atoms with Crippen molar-refractivity contribution in [3.8, 4) is 0 Å². The van der Waals surface area contributed by atoms with E-state index in [4.69, 9.17) is 0 Å². The molecule has 2 aliphatic rings. The average Bonchev–Trinajstić information content (AvgIpc) is 2.19. The van der Waals surface area contributed by atoms with Gasteiger partial charge in [0, 0.05) is 25.7 Å². The number of hydrogen-bond donors (Lipinski definition) is 2. The third-order valence-corrected chi connectivity index (χ3v) is 3.13. The number of rotatable bonds is 1. The van der Waals surface area contributed by atoms with E-state index >= 15 is 0 Å². The van der Waals surface area contributed by atoms with Gasteiger partial charge in [0.2, 0.25) is 0 Å². The molecule has 0 saturated carbocycles. The third-order valence-electron chi connectivity index (χ3n) is 3.13. The molecule has 2 aliphatic heterocycles. The van der Waals surface area contributed by atoms with E-state index in [9.17, 15) is 0 Å². The van der Waals surface area contributed by atoms with Crippen molar-refractivity contribution >= 4 is 0 Å². The maximum atomic E-state index is 3.61. The van der Waals surface area contributed by atoms with Crippen molar-refractivity contribution in [1.82, 2.24) is 15.5 Å². The number of nitrogens with one attached hydrogen (secondary N) is 2. The summed E-state index contributed by atoms with van der Waals surface area (Å²) in [6.45, 7) is 7.05. The molecule has 0 amide bonds. The first-order valence-electron chi connectivity index (χ1n) is 5.57. The van der Waals surface area contributed by atoms with Gasteiger partial charge in [-0.25, -0.2) is 0 Å². The highest BCUT2D eigenvalue weighted by atomic mass is 15.3. The van der Waals surface area contributed by atoms with Gasteiger partial charge in [-0.1, -0.05) is 0 Å². The summed E-state index contributed by atoms with van der Waals surface area (Å²) >= 11 is 0. The van der Waals surface area contributed by atoms with Crippen molar-refractivity contribution in [3.05, 3.63) is 0 Å². The minimum Gasteiger partial charge on any atom is -0.312 e. The van der Waals surface area contributed by atoms with E-state index in [2.05, 4.69) is 22.5 Å². The predicted octanol–water partition coefficient (Wildman–Crippen LogP) is 0.380. The summed E-state index contributed by atoms with van der Waals surface area (Å²) in [7, 11) is 0. The van der Waals surface area contributed by atoms with Gasteiger partial charge in [-0.15, -0.1) is 0 Å². The molecule has 3 nitrogen and oxygen atoms in total. The van der Waals surface area contributed by atoms with Crippen molar-refractivity contribution in [2.45, 2.75) is 38.4 Å². The molecule has 2 saturated heterocycles. The van der Waals surface area contributed by atoms with Crippen LogP contribution in [-0.2, 0) is 0 Å². The molecular weight excluding hydrogens is 162 g/mol. The van der Waals surface area contributed by atoms with Crippen LogP contribution in [0.5, 0.6) is 0 Å². The molecule has 0 aromatic heterocycles. The fourth-order valence-electron chi connectivity index (χ4n) is 2.39. The Morgan fingerprint density at radius 2 is 2.08 bits per heavy atom. The zero-order chi connectivity index (χ0) is 9.10. The van der Waals surface area contributed by atoms with Gasteiger partial charge in [-0.05, 0) is 32.7 Å². The molecule has 0 aromatic carbocycles. The van der Waals surface area contributed by atoms with Gasteiger partial charge in [0.1, 0.15) is 0 Å². The molecule has 76 valence electrons. The van der Waals surface area contributed by atoms with Crippen molar-refractivity contribution in [2.24, 2.45) is 0 Å². The summed E-state index contributed by atoms with van der Waals surface area (Å²) in [4.78, 5) is 2.60. The summed E-state index contributed by atoms with van der Waals surface area (Å²) in [6, 6.07) is 0.664. The van der Waals surface area contributed by atoms with Gasteiger partial charge in [-0.2, -0.15) is 0 Å². The Morgan fingerprint density at radius 1 is 1.15 bits per heavy atom. The second-order valence-electron chi connectivity index (χ2n) is 4.32. The van der Waals surface area contributed by atoms with Crippen molar-refractivity contribution in [1.29, 1.82) is 0 Å². The maximum Gasteiger partial charge on any atom is 0.0598 e. The van der Waals surface area contributed by atoms with Crippen LogP contribution in [0.25, 0.3) is 0 Å². The quantitative estimate of drug-likeness (QED) is 0.615. The fraction of sp³-hybridized carbons (Fsp3) is 1.00. The van der Waals surface area contributed by atoms with Crippen LogP contribution in [0.3, 0.4) is 0 Å². The largest absolute Gasteiger partial charge is 0.312 e. The standard InChI is InChI=1S/C10H21N3/c1-9-8-13(7-6-11-9)10-4-2-3-5-12-10/h9-12H,2-8H2,1H3. The Bertz CT molecular complexity index is 154. The van der Waals surface area contributed by atoms with Gasteiger partial charge >= 0.3 is 0 Å². The third kappa shape index (κ3) is 2.42. The van der Waals surface area contributed by atoms with E-state index in [0.29, 0.717) is 12.2 Å². The zero-order valence-electron chi connectivity index (χ0n) is 8.55. The Labute approximate surface area is 80.9 Å². The number of hydrogen-bond acceptors (Lipinski definition) is 3. The lowest BCUT2D eigenvalue weighted by molar-refractivity contribution is 0.104. The first-order chi connectivity index (χ1) is 6.36. The van der Waals surface area contributed by atoms with E-state index in [1.54, 1.807) is 0 Å². The topological polar surface area (TPSA) is 27.3 Å². The van der Waals surface area contributed by atoms with Crippen LogP contribution >= 0.6 is 0 Å². The molecule has 2 rings (SSSR count). The predicted molar refractivity (Wildman–Crippen MR) is 54.7 cm³/mol. The van der Waals surface area contributed by atoms with Gasteiger partial charge in [0.15, 0.2) is 0 Å². The summed E-state index contributed by atoms with van der Waals surface area (Å²) in [6.07, 6.45) is 4.76. The Kier molecular flexibility index (Phi) is 3.19. The monoisotopic (exact) mass is 183 g/mol. The molecule has 2 unspecified atom stereocenters. The van der Waals surface area contributed by atoms with Crippen molar-refractivity contribution < 1.29 is 0 Å². The van der Waals surface area contributed by atoms with Crippen LogP contribution < -0.4 is 10.6 Å². The summed E-state index contributed by atoms with van der Waals surface area (Å²) in [5.41, 5.74) is 0. The van der Waals surface area contributed by atoms with Crippen LogP contribution in [0.15, 0.2) is 0 Å². The molecule has 0 aromatic rings. The van der Waals surface area contributed by atoms with Crippen molar-refractivity contribution in [3.63, 3.8) is 0 Å². The normalized spacial score (nSPS) is 37.6. The van der Waals surface area contributed by atoms with Gasteiger partial charge < -0.3 is 10.6 Å². The minimum absolute atomic E-state index is 0.664. The molecule has 0 bridgehead atoms. The average molecular weight is 183 g/mol. The molecule has 0 spiro atoms. The van der Waals surface area contributed by atoms with Gasteiger partial charge in [0.25, 0.3) is 0 Å². The number of piperidine rings is 1. The molecule has 0 radical (unpaired) electrons. The molecule has 2 fully saturated rings. The van der Waals surface area contributed by atoms with Crippen LogP contribution in [0.4, 0.5) is 0 Å². The second kappa shape index (κ2) is 4.40. The first kappa shape index (κ1) is 9.44. The molecule has 13 heavy (non-hydrogen) atoms. The number of piperazine rings is 1. The Morgan fingerprint density at radius 3 is 2.77 bits per heavy atom. The SMILES string of the molecule is CC1CN(C2CCCCN2)CCN1. The molecular formula is C10H21N3. The number of nitrogens with zero attached hydrogens (tertiary/aromatic N) is 1. The van der Waals surface area contributed by atoms with E-state index < -0.39 is 0 Å². The van der Waals surface area contributed by atoms with Gasteiger partial charge in [-0.3, -0.25) is 4.90 Å². The van der Waals surface area contributed by atoms with Crippen LogP contribution in [-0.4, -0.2) is 43.3 Å². The van der Waals surface area contributed by atoms with Crippen LogP contribution in [0.2, 0.25) is 0 Å². The van der Waals surface area contributed by atoms with Crippen molar-refractivity contribution in [2.75, 3.05) is 26.2 Å². The van der Waals surface area contributed by atoms with Gasteiger partial charge in [0.05, 0.1) is 6.17 Å². The lowest BCUT2D eigenvalue weighted by atomic mass is 10.1. The van der Waals surface area contributed by atoms with Crippen LogP contribution in [0, 0.1) is 0 Å². The highest BCUT2D eigenvalue weighted by molar-refractivity contribution is 4.81. The highest BCUT2D eigenvalue weighted by Crippen LogP contribution is 2.12.